The van der Waals surface area contributed by atoms with Gasteiger partial charge in [0, 0.05) is 24.8 Å². The first-order chi connectivity index (χ1) is 19.1. The van der Waals surface area contributed by atoms with Gasteiger partial charge in [-0.2, -0.15) is 0 Å². The molecule has 0 saturated carbocycles. The first kappa shape index (κ1) is 32.5. The van der Waals surface area contributed by atoms with Crippen molar-refractivity contribution in [1.82, 2.24) is 0 Å². The maximum atomic E-state index is 13.0. The van der Waals surface area contributed by atoms with E-state index < -0.39 is 7.60 Å². The van der Waals surface area contributed by atoms with Gasteiger partial charge in [0.15, 0.2) is 0 Å². The molecular weight excluding hydrogens is 521 g/mol. The maximum Gasteiger partial charge on any atom is 0.331 e. The molecule has 0 N–H and O–H groups in total. The number of hydrogen-bond acceptors (Lipinski definition) is 6. The number of anilines is 1. The molecule has 2 aromatic rings. The zero-order valence-corrected chi connectivity index (χ0v) is 26.8. The van der Waals surface area contributed by atoms with Gasteiger partial charge in [0.05, 0.1) is 33.1 Å². The van der Waals surface area contributed by atoms with E-state index >= 15 is 0 Å². The van der Waals surface area contributed by atoms with E-state index in [2.05, 4.69) is 62.9 Å². The Morgan fingerprint density at radius 3 is 2.33 bits per heavy atom. The maximum absolute atomic E-state index is 13.0. The normalized spacial score (nSPS) is 15.7. The first-order valence-electron chi connectivity index (χ1n) is 15.1. The van der Waals surface area contributed by atoms with Crippen molar-refractivity contribution in [2.75, 3.05) is 51.1 Å². The molecule has 1 fully saturated rings. The van der Waals surface area contributed by atoms with Gasteiger partial charge in [-0.15, -0.1) is 0 Å². The van der Waals surface area contributed by atoms with Crippen LogP contribution in [-0.2, 0) is 20.0 Å². The molecule has 6 nitrogen and oxygen atoms in total. The van der Waals surface area contributed by atoms with Crippen molar-refractivity contribution in [2.45, 2.75) is 79.6 Å². The number of methoxy groups -OCH3 is 1. The van der Waals surface area contributed by atoms with Crippen molar-refractivity contribution in [3.05, 3.63) is 53.6 Å². The van der Waals surface area contributed by atoms with Crippen molar-refractivity contribution in [3.63, 3.8) is 0 Å². The molecule has 0 aromatic heterocycles. The van der Waals surface area contributed by atoms with E-state index in [0.717, 1.165) is 49.4 Å². The predicted molar refractivity (Wildman–Crippen MR) is 166 cm³/mol. The Bertz CT molecular complexity index is 1080. The number of piperidine rings is 1. The largest absolute Gasteiger partial charge is 0.497 e. The van der Waals surface area contributed by atoms with Crippen LogP contribution in [0.1, 0.15) is 84.3 Å². The van der Waals surface area contributed by atoms with Crippen molar-refractivity contribution < 1.29 is 23.1 Å². The quantitative estimate of drug-likeness (QED) is 0.199. The van der Waals surface area contributed by atoms with E-state index in [1.54, 1.807) is 7.11 Å². The van der Waals surface area contributed by atoms with E-state index in [-0.39, 0.29) is 5.92 Å². The topological polar surface area (TPSA) is 57.2 Å². The highest BCUT2D eigenvalue weighted by Crippen LogP contribution is 2.51. The first-order valence-corrected chi connectivity index (χ1v) is 16.8. The molecule has 1 heterocycles. The van der Waals surface area contributed by atoms with E-state index in [9.17, 15) is 4.57 Å². The minimum absolute atomic E-state index is 0.0381. The van der Waals surface area contributed by atoms with Crippen LogP contribution in [0.25, 0.3) is 0 Å². The summed E-state index contributed by atoms with van der Waals surface area (Å²) >= 11 is 0. The van der Waals surface area contributed by atoms with E-state index in [1.807, 2.05) is 26.0 Å². The summed E-state index contributed by atoms with van der Waals surface area (Å²) < 4.78 is 35.9. The number of nitrogens with zero attached hydrogens (tertiary/aromatic N) is 1. The number of benzene rings is 2. The van der Waals surface area contributed by atoms with Crippen LogP contribution in [0.3, 0.4) is 0 Å². The van der Waals surface area contributed by atoms with Crippen LogP contribution in [0.15, 0.2) is 42.5 Å². The van der Waals surface area contributed by atoms with Crippen molar-refractivity contribution in [2.24, 2.45) is 11.3 Å². The monoisotopic (exact) mass is 573 g/mol. The van der Waals surface area contributed by atoms with Gasteiger partial charge < -0.3 is 23.4 Å². The predicted octanol–water partition coefficient (Wildman–Crippen LogP) is 8.73. The minimum atomic E-state index is -3.10. The zero-order valence-electron chi connectivity index (χ0n) is 25.9. The molecule has 1 atom stereocenters. The van der Waals surface area contributed by atoms with Crippen LogP contribution in [-0.4, -0.2) is 46.2 Å². The fourth-order valence-corrected chi connectivity index (χ4v) is 7.38. The van der Waals surface area contributed by atoms with Gasteiger partial charge in [0.2, 0.25) is 0 Å². The van der Waals surface area contributed by atoms with Gasteiger partial charge in [0.1, 0.15) is 11.5 Å². The summed E-state index contributed by atoms with van der Waals surface area (Å²) in [6, 6.07) is 14.7. The third-order valence-electron chi connectivity index (χ3n) is 7.68. The molecule has 0 aliphatic carbocycles. The molecule has 0 spiro atoms. The van der Waals surface area contributed by atoms with Crippen LogP contribution in [0.4, 0.5) is 5.69 Å². The fourth-order valence-electron chi connectivity index (χ4n) is 5.43. The number of hydrogen-bond donors (Lipinski definition) is 0. The molecule has 40 heavy (non-hydrogen) atoms. The summed E-state index contributed by atoms with van der Waals surface area (Å²) in [5, 5.41) is 0. The Morgan fingerprint density at radius 2 is 1.70 bits per heavy atom. The van der Waals surface area contributed by atoms with Crippen molar-refractivity contribution in [1.29, 1.82) is 0 Å². The third-order valence-corrected chi connectivity index (χ3v) is 9.98. The SMILES string of the molecule is CCOP(=O)(CC(C)c1cccc(OCC2CCN(c3cc(OC)ccc3CCCC(C)(C)C)CC2)c1)OCC. The Morgan fingerprint density at radius 1 is 1.00 bits per heavy atom. The van der Waals surface area contributed by atoms with Gasteiger partial charge in [-0.1, -0.05) is 45.9 Å². The van der Waals surface area contributed by atoms with E-state index in [4.69, 9.17) is 18.5 Å². The van der Waals surface area contributed by atoms with Gasteiger partial charge in [-0.25, -0.2) is 0 Å². The van der Waals surface area contributed by atoms with Crippen LogP contribution in [0.5, 0.6) is 11.5 Å². The average Bonchev–Trinajstić information content (AvgIpc) is 2.92. The molecule has 1 unspecified atom stereocenters. The molecule has 1 aliphatic heterocycles. The second kappa shape index (κ2) is 15.3. The second-order valence-corrected chi connectivity index (χ2v) is 14.4. The highest BCUT2D eigenvalue weighted by molar-refractivity contribution is 7.53. The highest BCUT2D eigenvalue weighted by Gasteiger charge is 2.27. The standard InChI is InChI=1S/C33H52NO5P/c1-8-38-40(35,39-9-2)25-26(3)29-12-10-14-31(22-29)37-24-27-17-20-34(21-18-27)32-23-30(36-7)16-15-28(32)13-11-19-33(4,5)6/h10,12,14-16,22-23,26-27H,8-9,11,13,17-21,24-25H2,1-7H3. The van der Waals surface area contributed by atoms with Gasteiger partial charge >= 0.3 is 7.60 Å². The molecule has 3 rings (SSSR count). The Labute approximate surface area is 243 Å². The second-order valence-electron chi connectivity index (χ2n) is 12.3. The van der Waals surface area contributed by atoms with E-state index in [0.29, 0.717) is 37.3 Å². The lowest BCUT2D eigenvalue weighted by molar-refractivity contribution is 0.218. The number of ether oxygens (including phenoxy) is 2. The smallest absolute Gasteiger partial charge is 0.331 e. The van der Waals surface area contributed by atoms with Crippen LogP contribution >= 0.6 is 7.60 Å². The minimum Gasteiger partial charge on any atom is -0.497 e. The Kier molecular flexibility index (Phi) is 12.4. The Hall–Kier alpha value is -2.01. The molecule has 0 radical (unpaired) electrons. The average molecular weight is 574 g/mol. The Balaban J connectivity index is 1.55. The molecule has 0 bridgehead atoms. The van der Waals surface area contributed by atoms with Crippen LogP contribution in [0.2, 0.25) is 0 Å². The highest BCUT2D eigenvalue weighted by atomic mass is 31.2. The summed E-state index contributed by atoms with van der Waals surface area (Å²) in [6.07, 6.45) is 6.06. The molecular formula is C33H52NO5P. The van der Waals surface area contributed by atoms with Crippen molar-refractivity contribution >= 4 is 13.3 Å². The lowest BCUT2D eigenvalue weighted by atomic mass is 9.88. The lowest BCUT2D eigenvalue weighted by Gasteiger charge is -2.35. The molecule has 224 valence electrons. The van der Waals surface area contributed by atoms with E-state index in [1.165, 1.54) is 24.1 Å². The lowest BCUT2D eigenvalue weighted by Crippen LogP contribution is -2.36. The van der Waals surface area contributed by atoms with Gasteiger partial charge in [-0.3, -0.25) is 4.57 Å². The van der Waals surface area contributed by atoms with Gasteiger partial charge in [-0.05, 0) is 92.5 Å². The summed E-state index contributed by atoms with van der Waals surface area (Å²) in [7, 11) is -1.36. The van der Waals surface area contributed by atoms with Crippen LogP contribution in [0, 0.1) is 11.3 Å². The fraction of sp³-hybridized carbons (Fsp3) is 0.636. The third kappa shape index (κ3) is 10.1. The van der Waals surface area contributed by atoms with Gasteiger partial charge in [0.25, 0.3) is 0 Å². The summed E-state index contributed by atoms with van der Waals surface area (Å²) in [5.74, 6) is 2.34. The number of rotatable bonds is 15. The van der Waals surface area contributed by atoms with Crippen molar-refractivity contribution in [3.8, 4) is 11.5 Å². The molecule has 1 saturated heterocycles. The number of aryl methyl sites for hydroxylation is 1. The summed E-state index contributed by atoms with van der Waals surface area (Å²) in [6.45, 7) is 16.2. The molecule has 1 aliphatic rings. The van der Waals surface area contributed by atoms with Crippen LogP contribution < -0.4 is 14.4 Å². The molecule has 0 amide bonds. The summed E-state index contributed by atoms with van der Waals surface area (Å²) in [4.78, 5) is 2.53. The zero-order chi connectivity index (χ0) is 29.2. The summed E-state index contributed by atoms with van der Waals surface area (Å²) in [5.41, 5.74) is 4.19. The molecule has 7 heteroatoms. The molecule has 2 aromatic carbocycles.